The van der Waals surface area contributed by atoms with Crippen LogP contribution in [-0.4, -0.2) is 28.6 Å². The summed E-state index contributed by atoms with van der Waals surface area (Å²) in [6, 6.07) is 10.5. The minimum Gasteiger partial charge on any atom is -0.508 e. The molecule has 0 aromatic heterocycles. The average molecular weight is 218 g/mol. The molecular weight excluding hydrogens is 205 g/mol. The Labute approximate surface area is 104 Å². The van der Waals surface area contributed by atoms with E-state index in [9.17, 15) is 5.11 Å². The largest absolute Gasteiger partial charge is 0.508 e. The number of hydrogen-bond donors (Lipinski definition) is 1. The standard InChI is InChI=1S/C13H13B3O/c14-8-3-1-2-6-7-4-5-9(15)13(17)11(7)12(16)10(6)8/h1-5,12,17H,14-16H2. The summed E-state index contributed by atoms with van der Waals surface area (Å²) in [5.74, 6) is 0.756. The summed E-state index contributed by atoms with van der Waals surface area (Å²) in [7, 11) is 6.28. The minimum atomic E-state index is 0.293. The molecule has 0 saturated heterocycles. The fourth-order valence-corrected chi connectivity index (χ4v) is 3.02. The summed E-state index contributed by atoms with van der Waals surface area (Å²) in [4.78, 5) is 0. The second-order valence-electron chi connectivity index (χ2n) is 4.95. The third-order valence-corrected chi connectivity index (χ3v) is 3.90. The zero-order valence-corrected chi connectivity index (χ0v) is 10.4. The zero-order valence-electron chi connectivity index (χ0n) is 10.4. The Morgan fingerprint density at radius 2 is 1.59 bits per heavy atom. The number of benzene rings is 2. The lowest BCUT2D eigenvalue weighted by Gasteiger charge is -2.12. The van der Waals surface area contributed by atoms with E-state index in [2.05, 4.69) is 40.0 Å². The van der Waals surface area contributed by atoms with Gasteiger partial charge in [-0.25, -0.2) is 0 Å². The first-order chi connectivity index (χ1) is 8.11. The monoisotopic (exact) mass is 218 g/mol. The molecule has 4 heteroatoms. The predicted molar refractivity (Wildman–Crippen MR) is 80.3 cm³/mol. The van der Waals surface area contributed by atoms with Crippen molar-refractivity contribution in [2.24, 2.45) is 0 Å². The lowest BCUT2D eigenvalue weighted by molar-refractivity contribution is 0.474. The van der Waals surface area contributed by atoms with Gasteiger partial charge in [0, 0.05) is 5.56 Å². The van der Waals surface area contributed by atoms with Crippen LogP contribution < -0.4 is 10.9 Å². The van der Waals surface area contributed by atoms with Crippen molar-refractivity contribution in [2.45, 2.75) is 5.82 Å². The van der Waals surface area contributed by atoms with Gasteiger partial charge in [0.15, 0.2) is 0 Å². The molecule has 1 N–H and O–H groups in total. The third kappa shape index (κ3) is 1.30. The van der Waals surface area contributed by atoms with Gasteiger partial charge in [-0.2, -0.15) is 0 Å². The summed E-state index contributed by atoms with van der Waals surface area (Å²) in [6.07, 6.45) is 0. The van der Waals surface area contributed by atoms with Crippen LogP contribution in [0.15, 0.2) is 30.3 Å². The summed E-state index contributed by atoms with van der Waals surface area (Å²) >= 11 is 0. The molecule has 0 spiro atoms. The smallest absolute Gasteiger partial charge is 0.144 e. The molecule has 3 rings (SSSR count). The van der Waals surface area contributed by atoms with Crippen LogP contribution in [0, 0.1) is 0 Å². The van der Waals surface area contributed by atoms with Crippen LogP contribution in [0.3, 0.4) is 0 Å². The first-order valence-corrected chi connectivity index (χ1v) is 6.03. The third-order valence-electron chi connectivity index (χ3n) is 3.90. The van der Waals surface area contributed by atoms with Crippen molar-refractivity contribution >= 4 is 34.5 Å². The maximum absolute atomic E-state index is 10.3. The molecule has 1 aliphatic rings. The van der Waals surface area contributed by atoms with Crippen molar-refractivity contribution in [2.75, 3.05) is 0 Å². The second-order valence-corrected chi connectivity index (χ2v) is 4.95. The van der Waals surface area contributed by atoms with Crippen LogP contribution in [0.2, 0.25) is 0 Å². The van der Waals surface area contributed by atoms with E-state index in [0.717, 1.165) is 11.0 Å². The highest BCUT2D eigenvalue weighted by Crippen LogP contribution is 2.45. The molecule has 1 nitrogen and oxygen atoms in total. The van der Waals surface area contributed by atoms with E-state index in [-0.39, 0.29) is 0 Å². The van der Waals surface area contributed by atoms with Gasteiger partial charge in [-0.15, -0.1) is 0 Å². The van der Waals surface area contributed by atoms with Gasteiger partial charge in [-0.3, -0.25) is 0 Å². The lowest BCUT2D eigenvalue weighted by atomic mass is 9.73. The molecule has 0 amide bonds. The number of phenolic OH excluding ortho intramolecular Hbond substituents is 1. The fourth-order valence-electron chi connectivity index (χ4n) is 3.02. The molecule has 1 unspecified atom stereocenters. The summed E-state index contributed by atoms with van der Waals surface area (Å²) in [6.45, 7) is 0. The van der Waals surface area contributed by atoms with Crippen molar-refractivity contribution in [1.82, 2.24) is 0 Å². The van der Waals surface area contributed by atoms with Crippen molar-refractivity contribution in [3.63, 3.8) is 0 Å². The SMILES string of the molecule is Bc1ccc2c(c1O)C(B)c1c(B)cccc1-2. The first kappa shape index (κ1) is 10.6. The Morgan fingerprint density at radius 1 is 0.882 bits per heavy atom. The average Bonchev–Trinajstić information content (AvgIpc) is 2.59. The fraction of sp³-hybridized carbons (Fsp3) is 0.0769. The lowest BCUT2D eigenvalue weighted by Crippen LogP contribution is -2.13. The van der Waals surface area contributed by atoms with Crippen molar-refractivity contribution in [3.8, 4) is 16.9 Å². The van der Waals surface area contributed by atoms with Crippen LogP contribution in [0.4, 0.5) is 0 Å². The normalized spacial score (nSPS) is 16.6. The summed E-state index contributed by atoms with van der Waals surface area (Å²) < 4.78 is 0. The molecule has 17 heavy (non-hydrogen) atoms. The molecule has 0 bridgehead atoms. The zero-order chi connectivity index (χ0) is 12.2. The van der Waals surface area contributed by atoms with Crippen molar-refractivity contribution < 1.29 is 5.11 Å². The van der Waals surface area contributed by atoms with Crippen LogP contribution in [0.1, 0.15) is 16.9 Å². The number of rotatable bonds is 0. The Balaban J connectivity index is 2.38. The van der Waals surface area contributed by atoms with Crippen molar-refractivity contribution in [3.05, 3.63) is 41.5 Å². The molecule has 80 valence electrons. The van der Waals surface area contributed by atoms with Crippen LogP contribution in [0.5, 0.6) is 5.75 Å². The van der Waals surface area contributed by atoms with Gasteiger partial charge in [0.1, 0.15) is 29.3 Å². The Hall–Kier alpha value is -1.57. The predicted octanol–water partition coefficient (Wildman–Crippen LogP) is -1.39. The summed E-state index contributed by atoms with van der Waals surface area (Å²) in [5.41, 5.74) is 7.20. The van der Waals surface area contributed by atoms with Crippen molar-refractivity contribution in [1.29, 1.82) is 0 Å². The molecule has 1 atom stereocenters. The van der Waals surface area contributed by atoms with E-state index >= 15 is 0 Å². The molecule has 2 aromatic rings. The van der Waals surface area contributed by atoms with E-state index in [1.54, 1.807) is 0 Å². The second kappa shape index (κ2) is 3.46. The molecule has 0 heterocycles. The van der Waals surface area contributed by atoms with Gasteiger partial charge in [0.25, 0.3) is 0 Å². The highest BCUT2D eigenvalue weighted by Gasteiger charge is 2.29. The van der Waals surface area contributed by atoms with E-state index in [1.165, 1.54) is 22.2 Å². The number of phenols is 1. The Morgan fingerprint density at radius 3 is 2.35 bits per heavy atom. The van der Waals surface area contributed by atoms with Gasteiger partial charge in [0.2, 0.25) is 0 Å². The minimum absolute atomic E-state index is 0.293. The quantitative estimate of drug-likeness (QED) is 0.539. The van der Waals surface area contributed by atoms with Gasteiger partial charge < -0.3 is 5.11 Å². The molecule has 0 fully saturated rings. The van der Waals surface area contributed by atoms with E-state index in [4.69, 9.17) is 0 Å². The van der Waals surface area contributed by atoms with E-state index in [0.29, 0.717) is 11.6 Å². The molecule has 0 saturated carbocycles. The molecule has 0 radical (unpaired) electrons. The maximum Gasteiger partial charge on any atom is 0.144 e. The van der Waals surface area contributed by atoms with Gasteiger partial charge in [-0.1, -0.05) is 35.8 Å². The van der Waals surface area contributed by atoms with Crippen LogP contribution in [0.25, 0.3) is 11.1 Å². The molecule has 1 aliphatic carbocycles. The maximum atomic E-state index is 10.3. The summed E-state index contributed by atoms with van der Waals surface area (Å²) in [5, 5.41) is 10.3. The van der Waals surface area contributed by atoms with Gasteiger partial charge in [-0.05, 0) is 28.0 Å². The van der Waals surface area contributed by atoms with Gasteiger partial charge in [0.05, 0.1) is 0 Å². The molecule has 0 aliphatic heterocycles. The van der Waals surface area contributed by atoms with Gasteiger partial charge >= 0.3 is 0 Å². The Kier molecular flexibility index (Phi) is 2.15. The van der Waals surface area contributed by atoms with E-state index < -0.39 is 0 Å². The molecular formula is C13H13B3O. The van der Waals surface area contributed by atoms with E-state index in [1.807, 2.05) is 13.9 Å². The number of fused-ring (bicyclic) bond motifs is 3. The van der Waals surface area contributed by atoms with Crippen LogP contribution in [-0.2, 0) is 0 Å². The first-order valence-electron chi connectivity index (χ1n) is 6.03. The highest BCUT2D eigenvalue weighted by molar-refractivity contribution is 6.37. The highest BCUT2D eigenvalue weighted by atomic mass is 16.3. The number of hydrogen-bond acceptors (Lipinski definition) is 1. The van der Waals surface area contributed by atoms with Crippen LogP contribution >= 0.6 is 0 Å². The number of aromatic hydroxyl groups is 1. The Bertz CT molecular complexity index is 622. The topological polar surface area (TPSA) is 20.2 Å². The molecule has 2 aromatic carbocycles.